The second-order valence-electron chi connectivity index (χ2n) is 7.09. The molecule has 1 N–H and O–H groups in total. The Morgan fingerprint density at radius 3 is 2.58 bits per heavy atom. The van der Waals surface area contributed by atoms with E-state index in [0.29, 0.717) is 12.2 Å². The maximum absolute atomic E-state index is 12.8. The van der Waals surface area contributed by atoms with Crippen molar-refractivity contribution in [1.82, 2.24) is 5.32 Å². The summed E-state index contributed by atoms with van der Waals surface area (Å²) in [5, 5.41) is 3.24. The van der Waals surface area contributed by atoms with Crippen molar-refractivity contribution in [2.45, 2.75) is 25.3 Å². The molecule has 0 spiro atoms. The number of likely N-dealkylation sites (N-methyl/N-ethyl adjacent to an activating group) is 1. The van der Waals surface area contributed by atoms with Crippen molar-refractivity contribution >= 4 is 11.6 Å². The highest BCUT2D eigenvalue weighted by Gasteiger charge is 2.34. The van der Waals surface area contributed by atoms with Gasteiger partial charge >= 0.3 is 0 Å². The number of nitrogens with one attached hydrogen (secondary N) is 1. The van der Waals surface area contributed by atoms with Gasteiger partial charge in [0.15, 0.2) is 0 Å². The van der Waals surface area contributed by atoms with E-state index in [1.54, 1.807) is 0 Å². The highest BCUT2D eigenvalue weighted by molar-refractivity contribution is 5.96. The number of hydrogen-bond acceptors (Lipinski definition) is 3. The van der Waals surface area contributed by atoms with Crippen molar-refractivity contribution in [3.05, 3.63) is 59.2 Å². The predicted molar refractivity (Wildman–Crippen MR) is 94.9 cm³/mol. The zero-order chi connectivity index (χ0) is 16.7. The summed E-state index contributed by atoms with van der Waals surface area (Å²) in [4.78, 5) is 14.9. The van der Waals surface area contributed by atoms with Crippen LogP contribution in [0.15, 0.2) is 42.5 Å². The van der Waals surface area contributed by atoms with Gasteiger partial charge < -0.3 is 15.0 Å². The van der Waals surface area contributed by atoms with Gasteiger partial charge in [-0.25, -0.2) is 0 Å². The van der Waals surface area contributed by atoms with Crippen molar-refractivity contribution in [3.8, 4) is 5.75 Å². The Morgan fingerprint density at radius 2 is 1.88 bits per heavy atom. The molecule has 0 radical (unpaired) electrons. The molecule has 124 valence electrons. The largest absolute Gasteiger partial charge is 0.490 e. The highest BCUT2D eigenvalue weighted by Crippen LogP contribution is 2.33. The van der Waals surface area contributed by atoms with Crippen LogP contribution in [-0.2, 0) is 12.8 Å². The van der Waals surface area contributed by atoms with Crippen molar-refractivity contribution in [2.75, 3.05) is 25.1 Å². The first kappa shape index (κ1) is 15.1. The molecular weight excluding hydrogens is 300 g/mol. The first-order valence-corrected chi connectivity index (χ1v) is 8.41. The van der Waals surface area contributed by atoms with Crippen LogP contribution in [-0.4, -0.2) is 31.6 Å². The summed E-state index contributed by atoms with van der Waals surface area (Å²) in [6, 6.07) is 14.1. The maximum Gasteiger partial charge on any atom is 0.251 e. The highest BCUT2D eigenvalue weighted by atomic mass is 16.5. The molecule has 2 aromatic carbocycles. The molecule has 0 aromatic heterocycles. The van der Waals surface area contributed by atoms with Gasteiger partial charge in [0.05, 0.1) is 12.2 Å². The summed E-state index contributed by atoms with van der Waals surface area (Å²) < 4.78 is 5.65. The second-order valence-corrected chi connectivity index (χ2v) is 7.09. The van der Waals surface area contributed by atoms with Gasteiger partial charge in [-0.1, -0.05) is 24.3 Å². The van der Waals surface area contributed by atoms with E-state index in [-0.39, 0.29) is 11.4 Å². The normalized spacial score (nSPS) is 17.7. The molecule has 0 atom stereocenters. The molecule has 0 fully saturated rings. The molecule has 1 aliphatic carbocycles. The lowest BCUT2D eigenvalue weighted by molar-refractivity contribution is 0.0909. The van der Waals surface area contributed by atoms with E-state index < -0.39 is 0 Å². The molecule has 1 heterocycles. The van der Waals surface area contributed by atoms with Gasteiger partial charge in [0.2, 0.25) is 0 Å². The van der Waals surface area contributed by atoms with Crippen LogP contribution < -0.4 is 15.0 Å². The van der Waals surface area contributed by atoms with Crippen molar-refractivity contribution in [1.29, 1.82) is 0 Å². The Hall–Kier alpha value is -2.49. The summed E-state index contributed by atoms with van der Waals surface area (Å²) in [5.74, 6) is 0.826. The molecule has 4 heteroatoms. The lowest BCUT2D eigenvalue weighted by Crippen LogP contribution is -2.46. The summed E-state index contributed by atoms with van der Waals surface area (Å²) in [7, 11) is 2.03. The van der Waals surface area contributed by atoms with Crippen LogP contribution in [0.3, 0.4) is 0 Å². The Kier molecular flexibility index (Phi) is 3.48. The minimum atomic E-state index is -0.223. The van der Waals surface area contributed by atoms with Crippen molar-refractivity contribution < 1.29 is 9.53 Å². The summed E-state index contributed by atoms with van der Waals surface area (Å²) in [5.41, 5.74) is 4.11. The van der Waals surface area contributed by atoms with Gasteiger partial charge in [-0.15, -0.1) is 0 Å². The molecule has 24 heavy (non-hydrogen) atoms. The topological polar surface area (TPSA) is 41.6 Å². The maximum atomic E-state index is 12.8. The first-order valence-electron chi connectivity index (χ1n) is 8.41. The van der Waals surface area contributed by atoms with E-state index >= 15 is 0 Å². The van der Waals surface area contributed by atoms with Gasteiger partial charge in [0, 0.05) is 18.2 Å². The number of fused-ring (bicyclic) bond motifs is 2. The zero-order valence-corrected chi connectivity index (χ0v) is 14.1. The van der Waals surface area contributed by atoms with Gasteiger partial charge in [-0.3, -0.25) is 4.79 Å². The molecular formula is C20H22N2O2. The molecule has 4 rings (SSSR count). The number of anilines is 1. The van der Waals surface area contributed by atoms with Crippen molar-refractivity contribution in [2.24, 2.45) is 0 Å². The van der Waals surface area contributed by atoms with Crippen LogP contribution in [0.4, 0.5) is 5.69 Å². The second kappa shape index (κ2) is 5.55. The minimum absolute atomic E-state index is 0.0212. The minimum Gasteiger partial charge on any atom is -0.490 e. The van der Waals surface area contributed by atoms with Crippen LogP contribution in [0.25, 0.3) is 0 Å². The lowest BCUT2D eigenvalue weighted by Gasteiger charge is -2.29. The Bertz CT molecular complexity index is 775. The lowest BCUT2D eigenvalue weighted by atomic mass is 9.97. The fraction of sp³-hybridized carbons (Fsp3) is 0.350. The Balaban J connectivity index is 1.54. The van der Waals surface area contributed by atoms with Crippen LogP contribution in [0.5, 0.6) is 5.75 Å². The van der Waals surface area contributed by atoms with Crippen LogP contribution in [0, 0.1) is 0 Å². The number of rotatable bonds is 2. The molecule has 2 aliphatic rings. The van der Waals surface area contributed by atoms with E-state index in [4.69, 9.17) is 4.74 Å². The number of nitrogens with zero attached hydrogens (tertiary/aromatic N) is 1. The van der Waals surface area contributed by atoms with Crippen LogP contribution >= 0.6 is 0 Å². The summed E-state index contributed by atoms with van der Waals surface area (Å²) in [6.45, 7) is 3.65. The molecule has 0 bridgehead atoms. The van der Waals surface area contributed by atoms with E-state index in [2.05, 4.69) is 41.4 Å². The Labute approximate surface area is 142 Å². The number of carbonyl (C=O) groups excluding carboxylic acids is 1. The summed E-state index contributed by atoms with van der Waals surface area (Å²) >= 11 is 0. The SMILES string of the molecule is CN1CCOc2ccc(C(=O)NC3(C)Cc4ccccc4C3)cc21. The standard InChI is InChI=1S/C20H22N2O2/c1-20(12-15-5-3-4-6-16(15)13-20)21-19(23)14-7-8-18-17(11-14)22(2)9-10-24-18/h3-8,11H,9-10,12-13H2,1-2H3,(H,21,23). The third kappa shape index (κ3) is 2.62. The third-order valence-electron chi connectivity index (χ3n) is 5.01. The summed E-state index contributed by atoms with van der Waals surface area (Å²) in [6.07, 6.45) is 1.76. The number of benzene rings is 2. The average Bonchev–Trinajstić information content (AvgIpc) is 2.90. The molecule has 1 amide bonds. The average molecular weight is 322 g/mol. The fourth-order valence-corrected chi connectivity index (χ4v) is 3.73. The third-order valence-corrected chi connectivity index (χ3v) is 5.01. The quantitative estimate of drug-likeness (QED) is 0.924. The van der Waals surface area contributed by atoms with E-state index in [0.717, 1.165) is 30.8 Å². The molecule has 1 aliphatic heterocycles. The molecule has 2 aromatic rings. The molecule has 0 saturated carbocycles. The van der Waals surface area contributed by atoms with E-state index in [9.17, 15) is 4.79 Å². The van der Waals surface area contributed by atoms with Crippen molar-refractivity contribution in [3.63, 3.8) is 0 Å². The van der Waals surface area contributed by atoms with Crippen LogP contribution in [0.1, 0.15) is 28.4 Å². The first-order chi connectivity index (χ1) is 11.5. The smallest absolute Gasteiger partial charge is 0.251 e. The molecule has 0 saturated heterocycles. The molecule has 4 nitrogen and oxygen atoms in total. The van der Waals surface area contributed by atoms with Gasteiger partial charge in [-0.05, 0) is 49.1 Å². The zero-order valence-electron chi connectivity index (χ0n) is 14.1. The fourth-order valence-electron chi connectivity index (χ4n) is 3.73. The number of ether oxygens (including phenoxy) is 1. The van der Waals surface area contributed by atoms with Gasteiger partial charge in [0.25, 0.3) is 5.91 Å². The number of carbonyl (C=O) groups is 1. The predicted octanol–water partition coefficient (Wildman–Crippen LogP) is 2.80. The number of hydrogen-bond donors (Lipinski definition) is 1. The van der Waals surface area contributed by atoms with Gasteiger partial charge in [-0.2, -0.15) is 0 Å². The van der Waals surface area contributed by atoms with Crippen LogP contribution in [0.2, 0.25) is 0 Å². The van der Waals surface area contributed by atoms with Gasteiger partial charge in [0.1, 0.15) is 12.4 Å². The number of amides is 1. The monoisotopic (exact) mass is 322 g/mol. The van der Waals surface area contributed by atoms with E-state index in [1.807, 2.05) is 25.2 Å². The van der Waals surface area contributed by atoms with E-state index in [1.165, 1.54) is 11.1 Å². The molecule has 0 unspecified atom stereocenters. The Morgan fingerprint density at radius 1 is 1.17 bits per heavy atom.